The Hall–Kier alpha value is -2.36. The number of hydrogen-bond acceptors (Lipinski definition) is 3. The number of carbonyl (C=O) groups is 1. The number of nitrogens with zero attached hydrogens (tertiary/aromatic N) is 1. The zero-order valence-corrected chi connectivity index (χ0v) is 12.8. The third-order valence-corrected chi connectivity index (χ3v) is 2.72. The average Bonchev–Trinajstić information content (AvgIpc) is 2.55. The van der Waals surface area contributed by atoms with Crippen LogP contribution in [0, 0.1) is 6.92 Å². The summed E-state index contributed by atoms with van der Waals surface area (Å²) in [6, 6.07) is 11.5. The highest BCUT2D eigenvalue weighted by atomic mass is 16.5. The molecule has 0 aliphatic carbocycles. The maximum absolute atomic E-state index is 11.3. The van der Waals surface area contributed by atoms with E-state index in [1.807, 2.05) is 31.2 Å². The lowest BCUT2D eigenvalue weighted by molar-refractivity contribution is 0.0953. The molecule has 1 N–H and O–H groups in total. The monoisotopic (exact) mass is 286 g/mol. The zero-order valence-electron chi connectivity index (χ0n) is 12.8. The number of nitrogens with one attached hydrogen (secondary N) is 1. The molecular weight excluding hydrogens is 264 g/mol. The second kappa shape index (κ2) is 9.53. The Labute approximate surface area is 126 Å². The predicted molar refractivity (Wildman–Crippen MR) is 84.6 cm³/mol. The minimum absolute atomic E-state index is 0.0510. The standard InChI is InChI=1S/C9H12N2O.C8H10O/c1-2-5-11-9(12)8-4-3-6-10-7-8;1-7-3-5-8(9-2)6-4-7/h3-4,6-7H,2,5H2,1H3,(H,11,12);3-6H,1-2H3. The molecule has 0 saturated heterocycles. The van der Waals surface area contributed by atoms with Crippen molar-refractivity contribution in [3.8, 4) is 5.75 Å². The summed E-state index contributed by atoms with van der Waals surface area (Å²) in [4.78, 5) is 15.1. The first-order valence-corrected chi connectivity index (χ1v) is 6.96. The SMILES string of the molecule is CCCNC(=O)c1cccnc1.COc1ccc(C)cc1. The third-order valence-electron chi connectivity index (χ3n) is 2.72. The predicted octanol–water partition coefficient (Wildman–Crippen LogP) is 3.23. The molecule has 4 heteroatoms. The minimum Gasteiger partial charge on any atom is -0.497 e. The van der Waals surface area contributed by atoms with Gasteiger partial charge in [-0.25, -0.2) is 0 Å². The molecule has 0 aliphatic heterocycles. The van der Waals surface area contributed by atoms with Gasteiger partial charge in [-0.05, 0) is 37.6 Å². The maximum Gasteiger partial charge on any atom is 0.252 e. The van der Waals surface area contributed by atoms with Crippen molar-refractivity contribution in [2.45, 2.75) is 20.3 Å². The summed E-state index contributed by atoms with van der Waals surface area (Å²) in [6.07, 6.45) is 4.16. The summed E-state index contributed by atoms with van der Waals surface area (Å²) in [6.45, 7) is 4.79. The number of hydrogen-bond donors (Lipinski definition) is 1. The van der Waals surface area contributed by atoms with Crippen molar-refractivity contribution in [3.63, 3.8) is 0 Å². The molecule has 0 aliphatic rings. The van der Waals surface area contributed by atoms with Crippen LogP contribution in [-0.2, 0) is 0 Å². The van der Waals surface area contributed by atoms with Gasteiger partial charge in [0.15, 0.2) is 0 Å². The molecule has 1 heterocycles. The van der Waals surface area contributed by atoms with Crippen LogP contribution in [0.4, 0.5) is 0 Å². The quantitative estimate of drug-likeness (QED) is 0.939. The molecule has 1 aromatic heterocycles. The van der Waals surface area contributed by atoms with Gasteiger partial charge in [0.2, 0.25) is 0 Å². The lowest BCUT2D eigenvalue weighted by Crippen LogP contribution is -2.23. The summed E-state index contributed by atoms with van der Waals surface area (Å²) in [7, 11) is 1.67. The summed E-state index contributed by atoms with van der Waals surface area (Å²) in [5.74, 6) is 0.866. The molecule has 21 heavy (non-hydrogen) atoms. The Morgan fingerprint density at radius 1 is 1.24 bits per heavy atom. The van der Waals surface area contributed by atoms with E-state index in [4.69, 9.17) is 4.74 Å². The van der Waals surface area contributed by atoms with Crippen molar-refractivity contribution in [2.75, 3.05) is 13.7 Å². The van der Waals surface area contributed by atoms with Crippen molar-refractivity contribution < 1.29 is 9.53 Å². The molecule has 0 saturated carbocycles. The molecule has 0 radical (unpaired) electrons. The van der Waals surface area contributed by atoms with Crippen LogP contribution in [0.15, 0.2) is 48.8 Å². The highest BCUT2D eigenvalue weighted by Crippen LogP contribution is 2.09. The number of pyridine rings is 1. The number of carbonyl (C=O) groups excluding carboxylic acids is 1. The second-order valence-corrected chi connectivity index (χ2v) is 4.51. The summed E-state index contributed by atoms with van der Waals surface area (Å²) < 4.78 is 4.97. The van der Waals surface area contributed by atoms with Gasteiger partial charge < -0.3 is 10.1 Å². The van der Waals surface area contributed by atoms with E-state index in [0.717, 1.165) is 12.2 Å². The molecule has 0 bridgehead atoms. The lowest BCUT2D eigenvalue weighted by Gasteiger charge is -2.01. The van der Waals surface area contributed by atoms with Gasteiger partial charge >= 0.3 is 0 Å². The number of methoxy groups -OCH3 is 1. The fourth-order valence-electron chi connectivity index (χ4n) is 1.51. The first-order chi connectivity index (χ1) is 10.2. The van der Waals surface area contributed by atoms with E-state index < -0.39 is 0 Å². The number of aryl methyl sites for hydroxylation is 1. The first kappa shape index (κ1) is 16.7. The van der Waals surface area contributed by atoms with Crippen molar-refractivity contribution in [1.82, 2.24) is 10.3 Å². The molecule has 4 nitrogen and oxygen atoms in total. The second-order valence-electron chi connectivity index (χ2n) is 4.51. The zero-order chi connectivity index (χ0) is 15.5. The van der Waals surface area contributed by atoms with E-state index in [1.165, 1.54) is 5.56 Å². The van der Waals surface area contributed by atoms with Crippen molar-refractivity contribution in [1.29, 1.82) is 0 Å². The molecule has 0 fully saturated rings. The highest BCUT2D eigenvalue weighted by Gasteiger charge is 2.01. The van der Waals surface area contributed by atoms with E-state index >= 15 is 0 Å². The van der Waals surface area contributed by atoms with Gasteiger partial charge in [-0.1, -0.05) is 24.6 Å². The molecule has 0 atom stereocenters. The van der Waals surface area contributed by atoms with E-state index in [2.05, 4.69) is 17.2 Å². The van der Waals surface area contributed by atoms with Gasteiger partial charge in [-0.2, -0.15) is 0 Å². The molecule has 112 valence electrons. The summed E-state index contributed by atoms with van der Waals surface area (Å²) >= 11 is 0. The van der Waals surface area contributed by atoms with Gasteiger partial charge in [0.05, 0.1) is 12.7 Å². The minimum atomic E-state index is -0.0510. The van der Waals surface area contributed by atoms with Crippen LogP contribution < -0.4 is 10.1 Å². The molecule has 0 unspecified atom stereocenters. The molecule has 2 aromatic rings. The first-order valence-electron chi connectivity index (χ1n) is 6.96. The summed E-state index contributed by atoms with van der Waals surface area (Å²) in [5.41, 5.74) is 1.88. The van der Waals surface area contributed by atoms with Crippen LogP contribution in [0.2, 0.25) is 0 Å². The van der Waals surface area contributed by atoms with Crippen molar-refractivity contribution in [3.05, 3.63) is 59.9 Å². The molecule has 0 spiro atoms. The Morgan fingerprint density at radius 2 is 1.95 bits per heavy atom. The molecule has 1 amide bonds. The fourth-order valence-corrected chi connectivity index (χ4v) is 1.51. The smallest absolute Gasteiger partial charge is 0.252 e. The van der Waals surface area contributed by atoms with Crippen molar-refractivity contribution >= 4 is 5.91 Å². The largest absolute Gasteiger partial charge is 0.497 e. The van der Waals surface area contributed by atoms with Gasteiger partial charge in [0, 0.05) is 18.9 Å². The van der Waals surface area contributed by atoms with Gasteiger partial charge in [0.25, 0.3) is 5.91 Å². The number of amides is 1. The Bertz CT molecular complexity index is 524. The van der Waals surface area contributed by atoms with Crippen LogP contribution in [0.25, 0.3) is 0 Å². The van der Waals surface area contributed by atoms with Gasteiger partial charge in [-0.15, -0.1) is 0 Å². The summed E-state index contributed by atoms with van der Waals surface area (Å²) in [5, 5.41) is 2.77. The van der Waals surface area contributed by atoms with E-state index in [9.17, 15) is 4.79 Å². The fraction of sp³-hybridized carbons (Fsp3) is 0.294. The van der Waals surface area contributed by atoms with Crippen LogP contribution in [0.3, 0.4) is 0 Å². The highest BCUT2D eigenvalue weighted by molar-refractivity contribution is 5.93. The Balaban J connectivity index is 0.000000219. The van der Waals surface area contributed by atoms with Crippen molar-refractivity contribution in [2.24, 2.45) is 0 Å². The third kappa shape index (κ3) is 6.56. The maximum atomic E-state index is 11.3. The number of aromatic nitrogens is 1. The molecule has 1 aromatic carbocycles. The average molecular weight is 286 g/mol. The van der Waals surface area contributed by atoms with Crippen LogP contribution in [0.5, 0.6) is 5.75 Å². The lowest BCUT2D eigenvalue weighted by atomic mass is 10.2. The number of benzene rings is 1. The van der Waals surface area contributed by atoms with E-state index in [1.54, 1.807) is 31.6 Å². The normalized spacial score (nSPS) is 9.29. The van der Waals surface area contributed by atoms with Crippen LogP contribution in [-0.4, -0.2) is 24.5 Å². The molecule has 2 rings (SSSR count). The van der Waals surface area contributed by atoms with Gasteiger partial charge in [-0.3, -0.25) is 9.78 Å². The Morgan fingerprint density at radius 3 is 2.48 bits per heavy atom. The van der Waals surface area contributed by atoms with E-state index in [-0.39, 0.29) is 5.91 Å². The van der Waals surface area contributed by atoms with Crippen LogP contribution in [0.1, 0.15) is 29.3 Å². The van der Waals surface area contributed by atoms with Gasteiger partial charge in [0.1, 0.15) is 5.75 Å². The molecular formula is C17H22N2O2. The number of rotatable bonds is 4. The van der Waals surface area contributed by atoms with Crippen LogP contribution >= 0.6 is 0 Å². The van der Waals surface area contributed by atoms with E-state index in [0.29, 0.717) is 12.1 Å². The number of ether oxygens (including phenoxy) is 1. The topological polar surface area (TPSA) is 51.2 Å². The Kier molecular flexibility index (Phi) is 7.58.